The van der Waals surface area contributed by atoms with Crippen LogP contribution in [0.5, 0.6) is 5.75 Å². The van der Waals surface area contributed by atoms with Gasteiger partial charge in [-0.3, -0.25) is 4.72 Å². The first-order valence-corrected chi connectivity index (χ1v) is 8.84. The van der Waals surface area contributed by atoms with Crippen LogP contribution in [0.25, 0.3) is 0 Å². The zero-order valence-corrected chi connectivity index (χ0v) is 13.8. The molecule has 0 bridgehead atoms. The molecule has 4 nitrogen and oxygen atoms in total. The number of nitrogens with one attached hydrogen (secondary N) is 1. The molecule has 1 aliphatic rings. The van der Waals surface area contributed by atoms with Crippen molar-refractivity contribution < 1.29 is 17.5 Å². The van der Waals surface area contributed by atoms with E-state index >= 15 is 0 Å². The fraction of sp³-hybridized carbons (Fsp3) is 0.294. The fourth-order valence-electron chi connectivity index (χ4n) is 2.53. The number of benzene rings is 2. The maximum atomic E-state index is 12.9. The molecule has 1 heterocycles. The van der Waals surface area contributed by atoms with Gasteiger partial charge >= 0.3 is 0 Å². The van der Waals surface area contributed by atoms with Crippen molar-refractivity contribution >= 4 is 15.7 Å². The van der Waals surface area contributed by atoms with Crippen molar-refractivity contribution in [2.24, 2.45) is 0 Å². The van der Waals surface area contributed by atoms with Crippen molar-refractivity contribution in [2.75, 3.05) is 4.72 Å². The van der Waals surface area contributed by atoms with Crippen LogP contribution in [0.1, 0.15) is 25.8 Å². The highest BCUT2D eigenvalue weighted by Gasteiger charge is 2.27. The summed E-state index contributed by atoms with van der Waals surface area (Å²) >= 11 is 0. The van der Waals surface area contributed by atoms with E-state index in [1.165, 1.54) is 30.3 Å². The molecule has 0 unspecified atom stereocenters. The topological polar surface area (TPSA) is 55.4 Å². The highest BCUT2D eigenvalue weighted by Crippen LogP contribution is 2.34. The molecule has 1 aliphatic heterocycles. The summed E-state index contributed by atoms with van der Waals surface area (Å²) in [5.74, 6) is 0.309. The van der Waals surface area contributed by atoms with Crippen molar-refractivity contribution in [3.63, 3.8) is 0 Å². The molecular weight excluding hydrogens is 317 g/mol. The van der Waals surface area contributed by atoms with Gasteiger partial charge in [0.2, 0.25) is 0 Å². The summed E-state index contributed by atoms with van der Waals surface area (Å²) < 4.78 is 46.1. The molecule has 1 N–H and O–H groups in total. The van der Waals surface area contributed by atoms with Gasteiger partial charge < -0.3 is 4.74 Å². The minimum atomic E-state index is -3.72. The van der Waals surface area contributed by atoms with Crippen molar-refractivity contribution in [1.29, 1.82) is 0 Å². The predicted octanol–water partition coefficient (Wildman–Crippen LogP) is 3.73. The quantitative estimate of drug-likeness (QED) is 0.930. The van der Waals surface area contributed by atoms with E-state index in [-0.39, 0.29) is 10.5 Å². The van der Waals surface area contributed by atoms with Crippen LogP contribution in [0.4, 0.5) is 10.1 Å². The Labute approximate surface area is 135 Å². The van der Waals surface area contributed by atoms with Crippen molar-refractivity contribution in [3.05, 3.63) is 53.8 Å². The molecule has 2 aromatic rings. The Bertz CT molecular complexity index is 829. The number of hydrogen-bond acceptors (Lipinski definition) is 3. The molecule has 2 aromatic carbocycles. The summed E-state index contributed by atoms with van der Waals surface area (Å²) in [6.45, 7) is 4.02. The third kappa shape index (κ3) is 3.47. The number of ether oxygens (including phenoxy) is 1. The number of hydrogen-bond donors (Lipinski definition) is 1. The standard InChI is InChI=1S/C17H18FNO3S/c1-17(2)10-9-12-11-15(7-8-16(12)22-17)23(20,21)19-14-5-3-13(18)4-6-14/h3-8,11,19H,9-10H2,1-2H3. The molecule has 0 saturated heterocycles. The Balaban J connectivity index is 1.88. The maximum Gasteiger partial charge on any atom is 0.261 e. The minimum absolute atomic E-state index is 0.170. The van der Waals surface area contributed by atoms with Crippen LogP contribution >= 0.6 is 0 Å². The van der Waals surface area contributed by atoms with Gasteiger partial charge in [0, 0.05) is 5.69 Å². The smallest absolute Gasteiger partial charge is 0.261 e. The third-order valence-electron chi connectivity index (χ3n) is 3.82. The van der Waals surface area contributed by atoms with Crippen molar-refractivity contribution in [1.82, 2.24) is 0 Å². The van der Waals surface area contributed by atoms with E-state index in [4.69, 9.17) is 4.74 Å². The lowest BCUT2D eigenvalue weighted by Gasteiger charge is -2.32. The highest BCUT2D eigenvalue weighted by molar-refractivity contribution is 7.92. The Morgan fingerprint density at radius 3 is 2.52 bits per heavy atom. The molecule has 3 rings (SSSR count). The van der Waals surface area contributed by atoms with E-state index in [9.17, 15) is 12.8 Å². The van der Waals surface area contributed by atoms with Crippen LogP contribution in [0.3, 0.4) is 0 Å². The van der Waals surface area contributed by atoms with Crippen LogP contribution in [0.15, 0.2) is 47.4 Å². The molecule has 0 atom stereocenters. The molecule has 0 radical (unpaired) electrons. The average molecular weight is 335 g/mol. The van der Waals surface area contributed by atoms with E-state index in [0.29, 0.717) is 5.69 Å². The van der Waals surface area contributed by atoms with Gasteiger partial charge in [-0.1, -0.05) is 0 Å². The van der Waals surface area contributed by atoms with Gasteiger partial charge in [0.15, 0.2) is 0 Å². The molecule has 0 saturated carbocycles. The zero-order chi connectivity index (χ0) is 16.7. The van der Waals surface area contributed by atoms with Crippen LogP contribution in [-0.4, -0.2) is 14.0 Å². The summed E-state index contributed by atoms with van der Waals surface area (Å²) in [6.07, 6.45) is 1.59. The van der Waals surface area contributed by atoms with E-state index < -0.39 is 15.8 Å². The normalized spacial score (nSPS) is 16.3. The van der Waals surface area contributed by atoms with Gasteiger partial charge in [-0.05, 0) is 74.7 Å². The van der Waals surface area contributed by atoms with Crippen LogP contribution in [0.2, 0.25) is 0 Å². The first kappa shape index (κ1) is 15.8. The molecule has 0 fully saturated rings. The molecule has 0 spiro atoms. The van der Waals surface area contributed by atoms with Gasteiger partial charge in [0.1, 0.15) is 17.2 Å². The van der Waals surface area contributed by atoms with Gasteiger partial charge in [-0.2, -0.15) is 0 Å². The number of sulfonamides is 1. The Hall–Kier alpha value is -2.08. The van der Waals surface area contributed by atoms with E-state index in [1.807, 2.05) is 13.8 Å². The van der Waals surface area contributed by atoms with Crippen LogP contribution in [-0.2, 0) is 16.4 Å². The summed E-state index contributed by atoms with van der Waals surface area (Å²) in [6, 6.07) is 10.0. The second-order valence-electron chi connectivity index (χ2n) is 6.24. The molecule has 23 heavy (non-hydrogen) atoms. The van der Waals surface area contributed by atoms with Crippen LogP contribution < -0.4 is 9.46 Å². The monoisotopic (exact) mass is 335 g/mol. The van der Waals surface area contributed by atoms with E-state index in [0.717, 1.165) is 24.2 Å². The number of halogens is 1. The predicted molar refractivity (Wildman–Crippen MR) is 86.7 cm³/mol. The second-order valence-corrected chi connectivity index (χ2v) is 7.93. The molecule has 0 amide bonds. The molecule has 6 heteroatoms. The van der Waals surface area contributed by atoms with E-state index in [2.05, 4.69) is 4.72 Å². The molecular formula is C17H18FNO3S. The maximum absolute atomic E-state index is 12.9. The number of aryl methyl sites for hydroxylation is 1. The van der Waals surface area contributed by atoms with Crippen LogP contribution in [0, 0.1) is 5.82 Å². The lowest BCUT2D eigenvalue weighted by atomic mass is 9.94. The van der Waals surface area contributed by atoms with Crippen molar-refractivity contribution in [3.8, 4) is 5.75 Å². The van der Waals surface area contributed by atoms with Gasteiger partial charge in [0.25, 0.3) is 10.0 Å². The van der Waals surface area contributed by atoms with Gasteiger partial charge in [-0.25, -0.2) is 12.8 Å². The first-order valence-electron chi connectivity index (χ1n) is 7.36. The number of anilines is 1. The lowest BCUT2D eigenvalue weighted by molar-refractivity contribution is 0.0845. The Kier molecular flexibility index (Phi) is 3.80. The summed E-state index contributed by atoms with van der Waals surface area (Å²) in [7, 11) is -3.72. The summed E-state index contributed by atoms with van der Waals surface area (Å²) in [5, 5.41) is 0. The highest BCUT2D eigenvalue weighted by atomic mass is 32.2. The molecule has 0 aromatic heterocycles. The zero-order valence-electron chi connectivity index (χ0n) is 13.0. The van der Waals surface area contributed by atoms with Gasteiger partial charge in [0.05, 0.1) is 4.90 Å². The minimum Gasteiger partial charge on any atom is -0.488 e. The lowest BCUT2D eigenvalue weighted by Crippen LogP contribution is -2.32. The summed E-state index contributed by atoms with van der Waals surface area (Å²) in [4.78, 5) is 0.170. The fourth-order valence-corrected chi connectivity index (χ4v) is 3.64. The number of rotatable bonds is 3. The third-order valence-corrected chi connectivity index (χ3v) is 5.20. The first-order chi connectivity index (χ1) is 10.8. The molecule has 0 aliphatic carbocycles. The molecule has 122 valence electrons. The average Bonchev–Trinajstić information content (AvgIpc) is 2.48. The van der Waals surface area contributed by atoms with E-state index in [1.54, 1.807) is 12.1 Å². The Morgan fingerprint density at radius 2 is 1.83 bits per heavy atom. The Morgan fingerprint density at radius 1 is 1.13 bits per heavy atom. The number of fused-ring (bicyclic) bond motifs is 1. The second kappa shape index (κ2) is 5.53. The van der Waals surface area contributed by atoms with Gasteiger partial charge in [-0.15, -0.1) is 0 Å². The largest absolute Gasteiger partial charge is 0.488 e. The summed E-state index contributed by atoms with van der Waals surface area (Å²) in [5.41, 5.74) is 0.965. The van der Waals surface area contributed by atoms with Crippen molar-refractivity contribution in [2.45, 2.75) is 37.2 Å². The SMILES string of the molecule is CC1(C)CCc2cc(S(=O)(=O)Nc3ccc(F)cc3)ccc2O1.